The Morgan fingerprint density at radius 3 is 2.17 bits per heavy atom. The van der Waals surface area contributed by atoms with Gasteiger partial charge in [-0.15, -0.1) is 11.3 Å². The predicted octanol–water partition coefficient (Wildman–Crippen LogP) is 7.17. The number of thiazole rings is 1. The number of carbonyl (C=O) groups is 4. The molecule has 4 atom stereocenters. The molecule has 3 aromatic carbocycles. The maximum absolute atomic E-state index is 14.4. The molecule has 76 heavy (non-hydrogen) atoms. The number of rotatable bonds is 17. The van der Waals surface area contributed by atoms with E-state index in [-0.39, 0.29) is 61.0 Å². The Hall–Kier alpha value is -5.91. The number of aryl methyl sites for hydroxylation is 2. The molecule has 3 saturated heterocycles. The van der Waals surface area contributed by atoms with Crippen molar-refractivity contribution in [3.05, 3.63) is 106 Å². The van der Waals surface area contributed by atoms with E-state index in [1.165, 1.54) is 11.0 Å². The summed E-state index contributed by atoms with van der Waals surface area (Å²) in [7, 11) is 0. The van der Waals surface area contributed by atoms with Crippen LogP contribution in [0.1, 0.15) is 106 Å². The van der Waals surface area contributed by atoms with Crippen molar-refractivity contribution in [3.8, 4) is 22.3 Å². The highest BCUT2D eigenvalue weighted by Gasteiger charge is 2.64. The first-order chi connectivity index (χ1) is 35.8. The van der Waals surface area contributed by atoms with Gasteiger partial charge in [-0.25, -0.2) is 4.98 Å². The molecule has 8 rings (SSSR count). The summed E-state index contributed by atoms with van der Waals surface area (Å²) in [6.45, 7) is 20.0. The lowest BCUT2D eigenvalue weighted by atomic mass is 9.49. The molecule has 3 aliphatic heterocycles. The van der Waals surface area contributed by atoms with Gasteiger partial charge >= 0.3 is 6.18 Å². The third-order valence-corrected chi connectivity index (χ3v) is 16.7. The van der Waals surface area contributed by atoms with Crippen molar-refractivity contribution in [1.82, 2.24) is 35.6 Å². The van der Waals surface area contributed by atoms with Crippen molar-refractivity contribution in [1.29, 1.82) is 5.26 Å². The van der Waals surface area contributed by atoms with Crippen molar-refractivity contribution >= 4 is 35.0 Å². The summed E-state index contributed by atoms with van der Waals surface area (Å²) in [4.78, 5) is 67.1. The summed E-state index contributed by atoms with van der Waals surface area (Å²) in [5, 5.41) is 29.4. The van der Waals surface area contributed by atoms with Crippen molar-refractivity contribution in [2.75, 3.05) is 59.0 Å². The number of nitriles is 1. The molecule has 4 aliphatic rings. The molecule has 4 amide bonds. The summed E-state index contributed by atoms with van der Waals surface area (Å²) in [5.41, 5.74) is 2.84. The molecule has 15 nitrogen and oxygen atoms in total. The molecule has 19 heteroatoms. The van der Waals surface area contributed by atoms with Crippen molar-refractivity contribution in [2.45, 2.75) is 117 Å². The summed E-state index contributed by atoms with van der Waals surface area (Å²) >= 11 is 1.57. The Balaban J connectivity index is 0.777. The van der Waals surface area contributed by atoms with Gasteiger partial charge in [0.1, 0.15) is 23.9 Å². The largest absolute Gasteiger partial charge is 0.489 e. The number of halogens is 3. The molecule has 0 radical (unpaired) electrons. The number of carbonyl (C=O) groups excluding carboxylic acids is 4. The van der Waals surface area contributed by atoms with E-state index in [0.717, 1.165) is 71.9 Å². The average molecular weight is 1070 g/mol. The van der Waals surface area contributed by atoms with Gasteiger partial charge in [0.25, 0.3) is 5.91 Å². The van der Waals surface area contributed by atoms with Crippen LogP contribution in [0.4, 0.5) is 13.2 Å². The first-order valence-electron chi connectivity index (χ1n) is 26.1. The highest BCUT2D eigenvalue weighted by molar-refractivity contribution is 7.13. The smallest absolute Gasteiger partial charge is 0.417 e. The maximum atomic E-state index is 14.4. The lowest BCUT2D eigenvalue weighted by molar-refractivity contribution is -0.164. The summed E-state index contributed by atoms with van der Waals surface area (Å²) in [5.74, 6) is -1.26. The fourth-order valence-corrected chi connectivity index (χ4v) is 12.5. The normalized spacial score (nSPS) is 22.6. The van der Waals surface area contributed by atoms with Crippen molar-refractivity contribution < 1.29 is 46.9 Å². The third kappa shape index (κ3) is 12.4. The fourth-order valence-electron chi connectivity index (χ4n) is 11.7. The van der Waals surface area contributed by atoms with Gasteiger partial charge in [0.05, 0.1) is 65.2 Å². The number of hydrogen-bond acceptors (Lipinski definition) is 12. The molecule has 0 spiro atoms. The number of aliphatic hydroxyl groups is 1. The van der Waals surface area contributed by atoms with Crippen molar-refractivity contribution in [2.24, 2.45) is 22.2 Å². The molecule has 4 fully saturated rings. The predicted molar refractivity (Wildman–Crippen MR) is 282 cm³/mol. The highest BCUT2D eigenvalue weighted by Crippen LogP contribution is 2.56. The van der Waals surface area contributed by atoms with E-state index in [1.807, 2.05) is 97.3 Å². The van der Waals surface area contributed by atoms with E-state index in [4.69, 9.17) is 9.47 Å². The van der Waals surface area contributed by atoms with E-state index < -0.39 is 63.7 Å². The zero-order valence-electron chi connectivity index (χ0n) is 44.6. The van der Waals surface area contributed by atoms with Gasteiger partial charge in [0.2, 0.25) is 17.7 Å². The molecule has 4 aromatic rings. The Labute approximate surface area is 447 Å². The number of alkyl halides is 3. The molecule has 1 unspecified atom stereocenters. The number of hydrogen-bond donors (Lipinski definition) is 4. The Morgan fingerprint density at radius 1 is 0.934 bits per heavy atom. The number of aliphatic hydroxyl groups excluding tert-OH is 1. The van der Waals surface area contributed by atoms with Crippen LogP contribution in [0.15, 0.2) is 72.2 Å². The first kappa shape index (κ1) is 56.3. The van der Waals surface area contributed by atoms with Gasteiger partial charge in [0.15, 0.2) is 0 Å². The second kappa shape index (κ2) is 22.6. The van der Waals surface area contributed by atoms with Gasteiger partial charge < -0.3 is 40.3 Å². The third-order valence-electron chi connectivity index (χ3n) is 15.8. The van der Waals surface area contributed by atoms with Gasteiger partial charge in [-0.2, -0.15) is 18.4 Å². The topological polar surface area (TPSA) is 189 Å². The molecule has 1 aliphatic carbocycles. The van der Waals surface area contributed by atoms with Gasteiger partial charge in [-0.3, -0.25) is 24.1 Å². The minimum absolute atomic E-state index is 0.00724. The second-order valence-corrected chi connectivity index (χ2v) is 24.1. The Kier molecular flexibility index (Phi) is 16.7. The minimum Gasteiger partial charge on any atom is -0.489 e. The monoisotopic (exact) mass is 1070 g/mol. The number of piperazine rings is 1. The zero-order chi connectivity index (χ0) is 54.9. The second-order valence-electron chi connectivity index (χ2n) is 23.2. The number of nitrogens with one attached hydrogen (secondary N) is 3. The number of likely N-dealkylation sites (tertiary alicyclic amines) is 1. The van der Waals surface area contributed by atoms with Crippen LogP contribution in [0, 0.1) is 40.4 Å². The maximum Gasteiger partial charge on any atom is 0.417 e. The average Bonchev–Trinajstić information content (AvgIpc) is 3.98. The fraction of sp³-hybridized carbons (Fsp3) is 0.544. The summed E-state index contributed by atoms with van der Waals surface area (Å²) in [6, 6.07) is 17.9. The number of aromatic nitrogens is 1. The molecular formula is C57H71F3N8O7S. The van der Waals surface area contributed by atoms with E-state index in [0.29, 0.717) is 31.9 Å². The van der Waals surface area contributed by atoms with Crippen LogP contribution in [-0.4, -0.2) is 138 Å². The first-order valence-corrected chi connectivity index (χ1v) is 27.0. The number of benzene rings is 3. The van der Waals surface area contributed by atoms with Crippen LogP contribution >= 0.6 is 11.3 Å². The molecule has 1 saturated carbocycles. The van der Waals surface area contributed by atoms with Crippen LogP contribution < -0.4 is 20.7 Å². The zero-order valence-corrected chi connectivity index (χ0v) is 45.4. The van der Waals surface area contributed by atoms with Crippen LogP contribution in [0.5, 0.6) is 5.75 Å². The summed E-state index contributed by atoms with van der Waals surface area (Å²) < 4.78 is 52.6. The van der Waals surface area contributed by atoms with E-state index in [1.54, 1.807) is 29.5 Å². The van der Waals surface area contributed by atoms with Crippen LogP contribution in [0.25, 0.3) is 10.4 Å². The Morgan fingerprint density at radius 2 is 1.59 bits per heavy atom. The molecule has 4 heterocycles. The van der Waals surface area contributed by atoms with Crippen LogP contribution in [0.3, 0.4) is 0 Å². The number of ether oxygens (including phenoxy) is 2. The van der Waals surface area contributed by atoms with E-state index in [9.17, 15) is 42.7 Å². The lowest BCUT2D eigenvalue weighted by Crippen LogP contribution is -2.74. The Bertz CT molecular complexity index is 2760. The lowest BCUT2D eigenvalue weighted by Gasteiger charge is -2.63. The minimum atomic E-state index is -4.71. The van der Waals surface area contributed by atoms with E-state index in [2.05, 4.69) is 30.7 Å². The molecular weight excluding hydrogens is 998 g/mol. The van der Waals surface area contributed by atoms with Gasteiger partial charge in [-0.1, -0.05) is 84.9 Å². The molecule has 408 valence electrons. The standard InChI is InChI=1S/C57H71F3N8O7S/c1-34-47(76-33-62-34)37-17-15-36(16-18-37)46(40-31-74-32-40)64-50(72)44-26-41(69)29-68(44)51(73)48(54(2,3)4)63-45(70)30-67-24-22-66(23-25-67)21-9-10-35-11-13-38(14-12-35)49(71)65-52-55(5,6)53(56(52,7)8)75-42-20-19-39(28-61)43(27-42)57(58,59)60/h11-20,27,33,40-41,44,46,48,52-53,69H,9-10,21-26,29-32H2,1-8H3,(H,63,70)(H,64,72)(H,65,71)/t41-,44+,46-,48?,52?,53?/m1/s1. The molecule has 1 aromatic heterocycles. The number of amides is 4. The van der Waals surface area contributed by atoms with Crippen LogP contribution in [-0.2, 0) is 31.7 Å². The quantitative estimate of drug-likeness (QED) is 0.0840. The number of nitrogens with zero attached hydrogens (tertiary/aromatic N) is 5. The van der Waals surface area contributed by atoms with Crippen molar-refractivity contribution in [3.63, 3.8) is 0 Å². The highest BCUT2D eigenvalue weighted by atomic mass is 32.1. The summed E-state index contributed by atoms with van der Waals surface area (Å²) in [6.07, 6.45) is -4.36. The van der Waals surface area contributed by atoms with Crippen LogP contribution in [0.2, 0.25) is 0 Å². The van der Waals surface area contributed by atoms with Gasteiger partial charge in [-0.05, 0) is 78.7 Å². The van der Waals surface area contributed by atoms with E-state index >= 15 is 0 Å². The molecule has 0 bridgehead atoms. The van der Waals surface area contributed by atoms with Gasteiger partial charge in [0, 0.05) is 67.5 Å². The molecule has 4 N–H and O–H groups in total. The SMILES string of the molecule is Cc1ncsc1-c1ccc([C@@H](NC(=O)[C@@H]2C[C@@H](O)CN2C(=O)C(NC(=O)CN2CCN(CCCc3ccc(C(=O)NC4C(C)(C)C(Oc5ccc(C#N)c(C(F)(F)F)c5)C4(C)C)cc3)CC2)C(C)(C)C)C2COC2)cc1. The number of β-amino-alcohol motifs (C(OH)–C–C–N with tert-alkyl or cyclic N) is 1.